The molecule has 12 nitrogen and oxygen atoms in total. The summed E-state index contributed by atoms with van der Waals surface area (Å²) in [5.74, 6) is -2.51. The Morgan fingerprint density at radius 3 is 2.21 bits per heavy atom. The first-order valence-corrected chi connectivity index (χ1v) is 11.6. The number of carbonyl (C=O) groups excluding carboxylic acids is 2. The summed E-state index contributed by atoms with van der Waals surface area (Å²) in [5.41, 5.74) is 0.655. The Morgan fingerprint density at radius 1 is 0.947 bits per heavy atom. The second-order valence-corrected chi connectivity index (χ2v) is 9.45. The van der Waals surface area contributed by atoms with E-state index in [4.69, 9.17) is 24.4 Å². The van der Waals surface area contributed by atoms with Gasteiger partial charge in [0.15, 0.2) is 30.5 Å². The van der Waals surface area contributed by atoms with Crippen molar-refractivity contribution in [2.24, 2.45) is 0 Å². The van der Waals surface area contributed by atoms with Crippen molar-refractivity contribution >= 4 is 34.8 Å². The molecule has 1 heterocycles. The van der Waals surface area contributed by atoms with Crippen LogP contribution in [-0.4, -0.2) is 80.9 Å². The van der Waals surface area contributed by atoms with E-state index in [0.717, 1.165) is 0 Å². The number of rotatable bonds is 11. The van der Waals surface area contributed by atoms with Crippen molar-refractivity contribution < 1.29 is 43.6 Å². The molecule has 0 fully saturated rings. The van der Waals surface area contributed by atoms with Crippen molar-refractivity contribution in [2.45, 2.75) is 32.9 Å². The fourth-order valence-corrected chi connectivity index (χ4v) is 3.52. The number of imidazole rings is 1. The highest BCUT2D eigenvalue weighted by Crippen LogP contribution is 2.29. The van der Waals surface area contributed by atoms with Gasteiger partial charge in [0, 0.05) is 5.56 Å². The Morgan fingerprint density at radius 2 is 1.58 bits per heavy atom. The van der Waals surface area contributed by atoms with Gasteiger partial charge in [-0.3, -0.25) is 9.69 Å². The number of carboxylic acids is 2. The second-order valence-electron chi connectivity index (χ2n) is 9.45. The first kappa shape index (κ1) is 28.1. The molecule has 2 aromatic carbocycles. The van der Waals surface area contributed by atoms with Crippen molar-refractivity contribution in [2.75, 3.05) is 26.8 Å². The van der Waals surface area contributed by atoms with E-state index < -0.39 is 36.8 Å². The highest BCUT2D eigenvalue weighted by atomic mass is 16.6. The summed E-state index contributed by atoms with van der Waals surface area (Å²) in [7, 11) is 1.68. The van der Waals surface area contributed by atoms with Crippen molar-refractivity contribution in [3.63, 3.8) is 0 Å². The van der Waals surface area contributed by atoms with E-state index in [9.17, 15) is 19.2 Å². The minimum atomic E-state index is -1.25. The third-order valence-electron chi connectivity index (χ3n) is 5.00. The van der Waals surface area contributed by atoms with Gasteiger partial charge in [-0.1, -0.05) is 12.1 Å². The van der Waals surface area contributed by atoms with E-state index >= 15 is 0 Å². The van der Waals surface area contributed by atoms with Gasteiger partial charge in [0.25, 0.3) is 0 Å². The van der Waals surface area contributed by atoms with Gasteiger partial charge < -0.3 is 24.4 Å². The predicted octanol–water partition coefficient (Wildman–Crippen LogP) is 3.06. The summed E-state index contributed by atoms with van der Waals surface area (Å²) >= 11 is 0. The van der Waals surface area contributed by atoms with Crippen LogP contribution in [0.15, 0.2) is 42.5 Å². The molecule has 202 valence electrons. The lowest BCUT2D eigenvalue weighted by Gasteiger charge is -2.21. The number of carboxylic acid groups (broad SMARTS) is 2. The number of carbonyl (C=O) groups is 4. The lowest BCUT2D eigenvalue weighted by atomic mass is 10.1. The van der Waals surface area contributed by atoms with Crippen molar-refractivity contribution in [3.8, 4) is 11.5 Å². The van der Waals surface area contributed by atoms with Gasteiger partial charge in [0.2, 0.25) is 0 Å². The zero-order valence-electron chi connectivity index (χ0n) is 21.5. The van der Waals surface area contributed by atoms with Crippen LogP contribution in [0.1, 0.15) is 37.0 Å². The van der Waals surface area contributed by atoms with Gasteiger partial charge in [-0.15, -0.1) is 0 Å². The maximum atomic E-state index is 13.0. The molecular weight excluding hydrogens is 498 g/mol. The second kappa shape index (κ2) is 11.7. The van der Waals surface area contributed by atoms with E-state index in [1.807, 2.05) is 0 Å². The van der Waals surface area contributed by atoms with E-state index in [0.29, 0.717) is 16.9 Å². The molecule has 0 bridgehead atoms. The van der Waals surface area contributed by atoms with Crippen molar-refractivity contribution in [1.82, 2.24) is 14.5 Å². The number of fused-ring (bicyclic) bond motifs is 1. The third-order valence-corrected chi connectivity index (χ3v) is 5.00. The number of Topliss-reactive ketones (excluding diaryl/α,β-unsaturated/α-hetero) is 1. The average molecular weight is 528 g/mol. The molecule has 0 saturated heterocycles. The summed E-state index contributed by atoms with van der Waals surface area (Å²) < 4.78 is 17.3. The monoisotopic (exact) mass is 527 g/mol. The summed E-state index contributed by atoms with van der Waals surface area (Å²) in [6, 6.07) is 11.2. The van der Waals surface area contributed by atoms with Gasteiger partial charge in [-0.25, -0.2) is 23.9 Å². The maximum Gasteiger partial charge on any atom is 0.420 e. The molecule has 0 saturated carbocycles. The van der Waals surface area contributed by atoms with Crippen LogP contribution in [0, 0.1) is 0 Å². The summed E-state index contributed by atoms with van der Waals surface area (Å²) in [5, 5.41) is 17.8. The van der Waals surface area contributed by atoms with E-state index in [2.05, 4.69) is 4.98 Å². The normalized spacial score (nSPS) is 11.4. The van der Waals surface area contributed by atoms with Gasteiger partial charge in [0.1, 0.15) is 11.4 Å². The molecule has 3 aromatic rings. The first-order valence-electron chi connectivity index (χ1n) is 11.6. The van der Waals surface area contributed by atoms with E-state index in [-0.39, 0.29) is 35.9 Å². The molecule has 38 heavy (non-hydrogen) atoms. The molecule has 0 aliphatic heterocycles. The van der Waals surface area contributed by atoms with Crippen LogP contribution in [0.25, 0.3) is 11.0 Å². The third kappa shape index (κ3) is 7.53. The zero-order valence-corrected chi connectivity index (χ0v) is 21.5. The molecule has 1 aromatic heterocycles. The fourth-order valence-electron chi connectivity index (χ4n) is 3.52. The number of aliphatic carboxylic acids is 2. The molecule has 3 rings (SSSR count). The summed E-state index contributed by atoms with van der Waals surface area (Å²) in [6.45, 7) is 3.98. The van der Waals surface area contributed by atoms with Crippen LogP contribution < -0.4 is 9.47 Å². The Kier molecular flexibility index (Phi) is 8.68. The lowest BCUT2D eigenvalue weighted by molar-refractivity contribution is -0.140. The molecule has 0 spiro atoms. The number of hydrogen-bond acceptors (Lipinski definition) is 9. The average Bonchev–Trinajstić information content (AvgIpc) is 3.18. The molecule has 0 atom stereocenters. The minimum Gasteiger partial charge on any atom is -0.479 e. The van der Waals surface area contributed by atoms with Gasteiger partial charge >= 0.3 is 18.0 Å². The first-order chi connectivity index (χ1) is 17.8. The number of ketones is 1. The number of aromatic nitrogens is 2. The fraction of sp³-hybridized carbons (Fsp3) is 0.346. The maximum absolute atomic E-state index is 13.0. The largest absolute Gasteiger partial charge is 0.479 e. The molecule has 2 N–H and O–H groups in total. The Bertz CT molecular complexity index is 1360. The SMILES string of the molecule is CN(CC(=O)c1ccc(OCC(=O)O)c(OCC(=O)O)c1)Cc1nc2ccccc2n1C(=O)OC(C)(C)C. The minimum absolute atomic E-state index is 0.00960. The highest BCUT2D eigenvalue weighted by Gasteiger charge is 2.24. The van der Waals surface area contributed by atoms with Crippen LogP contribution in [0.2, 0.25) is 0 Å². The molecule has 0 aliphatic rings. The zero-order chi connectivity index (χ0) is 28.0. The Hall–Kier alpha value is -4.45. The van der Waals surface area contributed by atoms with Gasteiger partial charge in [-0.05, 0) is 58.2 Å². The predicted molar refractivity (Wildman–Crippen MR) is 135 cm³/mol. The number of likely N-dealkylation sites (N-methyl/N-ethyl adjacent to an activating group) is 1. The molecule has 0 unspecified atom stereocenters. The van der Waals surface area contributed by atoms with Crippen LogP contribution >= 0.6 is 0 Å². The number of nitrogens with zero attached hydrogens (tertiary/aromatic N) is 3. The van der Waals surface area contributed by atoms with Gasteiger partial charge in [0.05, 0.1) is 24.1 Å². The van der Waals surface area contributed by atoms with Crippen molar-refractivity contribution in [3.05, 3.63) is 53.9 Å². The Labute approximate surface area is 218 Å². The van der Waals surface area contributed by atoms with E-state index in [1.165, 1.54) is 22.8 Å². The topological polar surface area (TPSA) is 157 Å². The molecule has 0 aliphatic carbocycles. The van der Waals surface area contributed by atoms with Crippen LogP contribution in [0.4, 0.5) is 4.79 Å². The molecular formula is C26H29N3O9. The number of hydrogen-bond donors (Lipinski definition) is 2. The number of ether oxygens (including phenoxy) is 3. The number of para-hydroxylation sites is 2. The highest BCUT2D eigenvalue weighted by molar-refractivity contribution is 5.98. The quantitative estimate of drug-likeness (QED) is 0.353. The van der Waals surface area contributed by atoms with Crippen molar-refractivity contribution in [1.29, 1.82) is 0 Å². The van der Waals surface area contributed by atoms with Crippen LogP contribution in [0.3, 0.4) is 0 Å². The molecule has 12 heteroatoms. The van der Waals surface area contributed by atoms with Gasteiger partial charge in [-0.2, -0.15) is 0 Å². The molecule has 0 amide bonds. The van der Waals surface area contributed by atoms with Crippen LogP contribution in [0.5, 0.6) is 11.5 Å². The van der Waals surface area contributed by atoms with Crippen LogP contribution in [-0.2, 0) is 20.9 Å². The van der Waals surface area contributed by atoms with E-state index in [1.54, 1.807) is 57.0 Å². The lowest BCUT2D eigenvalue weighted by Crippen LogP contribution is -2.31. The Balaban J connectivity index is 1.80. The molecule has 0 radical (unpaired) electrons. The smallest absolute Gasteiger partial charge is 0.420 e. The standard InChI is InChI=1S/C26H29N3O9/c1-26(2,3)38-25(35)29-18-8-6-5-7-17(18)27-22(29)13-28(4)12-19(30)16-9-10-20(36-14-23(31)32)21(11-16)37-15-24(33)34/h5-11H,12-15H2,1-4H3,(H,31,32)(H,33,34). The summed E-state index contributed by atoms with van der Waals surface area (Å²) in [4.78, 5) is 54.0. The summed E-state index contributed by atoms with van der Waals surface area (Å²) in [6.07, 6.45) is -0.585. The number of benzene rings is 2.